The van der Waals surface area contributed by atoms with Crippen LogP contribution in [0.5, 0.6) is 5.75 Å². The van der Waals surface area contributed by atoms with Crippen LogP contribution in [0.1, 0.15) is 63.0 Å². The molecule has 1 N–H and O–H groups in total. The molecule has 2 nitrogen and oxygen atoms in total. The largest absolute Gasteiger partial charge is 0.507 e. The van der Waals surface area contributed by atoms with Gasteiger partial charge in [0.25, 0.3) is 0 Å². The van der Waals surface area contributed by atoms with Gasteiger partial charge in [0, 0.05) is 16.7 Å². The van der Waals surface area contributed by atoms with Crippen LogP contribution in [0.15, 0.2) is 24.8 Å². The molecule has 19 heavy (non-hydrogen) atoms. The maximum atomic E-state index is 11.9. The Labute approximate surface area is 116 Å². The lowest BCUT2D eigenvalue weighted by atomic mass is 9.78. The van der Waals surface area contributed by atoms with E-state index in [1.54, 1.807) is 12.1 Å². The summed E-state index contributed by atoms with van der Waals surface area (Å²) in [5, 5.41) is 10.5. The molecule has 0 aliphatic heterocycles. The summed E-state index contributed by atoms with van der Waals surface area (Å²) in [5.41, 5.74) is 1.74. The molecule has 0 aliphatic rings. The molecule has 2 heteroatoms. The number of hydrogen-bond donors (Lipinski definition) is 1. The molecule has 0 saturated heterocycles. The zero-order chi connectivity index (χ0) is 15.0. The second-order valence-electron chi connectivity index (χ2n) is 6.99. The van der Waals surface area contributed by atoms with E-state index in [-0.39, 0.29) is 16.6 Å². The molecular weight excluding hydrogens is 236 g/mol. The number of hydrogen-bond acceptors (Lipinski definition) is 2. The Balaban J connectivity index is 3.66. The average Bonchev–Trinajstić information content (AvgIpc) is 2.25. The van der Waals surface area contributed by atoms with E-state index in [9.17, 15) is 9.90 Å². The van der Waals surface area contributed by atoms with Crippen LogP contribution in [0.2, 0.25) is 0 Å². The molecule has 0 spiro atoms. The summed E-state index contributed by atoms with van der Waals surface area (Å²) in [7, 11) is 0. The van der Waals surface area contributed by atoms with Crippen LogP contribution in [0, 0.1) is 0 Å². The predicted octanol–water partition coefficient (Wildman–Crippen LogP) is 4.36. The smallest absolute Gasteiger partial charge is 0.185 e. The molecule has 0 atom stereocenters. The van der Waals surface area contributed by atoms with Gasteiger partial charge in [-0.3, -0.25) is 4.79 Å². The molecule has 0 amide bonds. The van der Waals surface area contributed by atoms with Crippen molar-refractivity contribution in [1.82, 2.24) is 0 Å². The fourth-order valence-corrected chi connectivity index (χ4v) is 2.04. The van der Waals surface area contributed by atoms with Crippen molar-refractivity contribution < 1.29 is 9.90 Å². The second kappa shape index (κ2) is 4.84. The predicted molar refractivity (Wildman–Crippen MR) is 80.0 cm³/mol. The summed E-state index contributed by atoms with van der Waals surface area (Å²) in [6.45, 7) is 15.7. The second-order valence-corrected chi connectivity index (χ2v) is 6.99. The van der Waals surface area contributed by atoms with Gasteiger partial charge in [0.05, 0.1) is 0 Å². The minimum absolute atomic E-state index is 0.115. The summed E-state index contributed by atoms with van der Waals surface area (Å²) >= 11 is 0. The maximum Gasteiger partial charge on any atom is 0.185 e. The number of aromatic hydroxyl groups is 1. The standard InChI is InChI=1S/C17H24O2/c1-8-14(18)11-9-12(16(2,3)4)15(19)13(10-11)17(5,6)7/h8-10,19H,1H2,2-7H3. The van der Waals surface area contributed by atoms with E-state index < -0.39 is 0 Å². The molecule has 0 aliphatic carbocycles. The Morgan fingerprint density at radius 3 is 1.68 bits per heavy atom. The quantitative estimate of drug-likeness (QED) is 0.634. The zero-order valence-corrected chi connectivity index (χ0v) is 12.8. The summed E-state index contributed by atoms with van der Waals surface area (Å²) < 4.78 is 0. The number of rotatable bonds is 2. The number of phenols is 1. The molecular formula is C17H24O2. The van der Waals surface area contributed by atoms with Crippen molar-refractivity contribution in [3.8, 4) is 5.75 Å². The highest BCUT2D eigenvalue weighted by Crippen LogP contribution is 2.39. The minimum atomic E-state index is -0.221. The van der Waals surface area contributed by atoms with Crippen molar-refractivity contribution in [1.29, 1.82) is 0 Å². The third kappa shape index (κ3) is 3.25. The third-order valence-electron chi connectivity index (χ3n) is 3.20. The Morgan fingerprint density at radius 1 is 1.05 bits per heavy atom. The van der Waals surface area contributed by atoms with Gasteiger partial charge in [0.2, 0.25) is 0 Å². The van der Waals surface area contributed by atoms with Crippen molar-refractivity contribution in [2.45, 2.75) is 52.4 Å². The Morgan fingerprint density at radius 2 is 1.42 bits per heavy atom. The fraction of sp³-hybridized carbons (Fsp3) is 0.471. The molecule has 1 rings (SSSR count). The van der Waals surface area contributed by atoms with Gasteiger partial charge in [-0.15, -0.1) is 0 Å². The van der Waals surface area contributed by atoms with Crippen molar-refractivity contribution in [2.75, 3.05) is 0 Å². The lowest BCUT2D eigenvalue weighted by molar-refractivity contribution is 0.104. The number of carbonyl (C=O) groups excluding carboxylic acids is 1. The first-order valence-electron chi connectivity index (χ1n) is 6.53. The minimum Gasteiger partial charge on any atom is -0.507 e. The Hall–Kier alpha value is -1.57. The van der Waals surface area contributed by atoms with E-state index in [4.69, 9.17) is 0 Å². The van der Waals surface area contributed by atoms with E-state index in [1.165, 1.54) is 6.08 Å². The van der Waals surface area contributed by atoms with Crippen molar-refractivity contribution >= 4 is 5.78 Å². The van der Waals surface area contributed by atoms with E-state index >= 15 is 0 Å². The van der Waals surface area contributed by atoms with Crippen LogP contribution in [0.25, 0.3) is 0 Å². The number of carbonyl (C=O) groups is 1. The van der Waals surface area contributed by atoms with Crippen LogP contribution in [0.4, 0.5) is 0 Å². The van der Waals surface area contributed by atoms with Crippen molar-refractivity contribution in [2.24, 2.45) is 0 Å². The van der Waals surface area contributed by atoms with Crippen LogP contribution >= 0.6 is 0 Å². The number of ketones is 1. The monoisotopic (exact) mass is 260 g/mol. The molecule has 0 heterocycles. The maximum absolute atomic E-state index is 11.9. The lowest BCUT2D eigenvalue weighted by Crippen LogP contribution is -2.18. The van der Waals surface area contributed by atoms with E-state index in [0.717, 1.165) is 11.1 Å². The molecule has 0 fully saturated rings. The summed E-state index contributed by atoms with van der Waals surface area (Å²) in [4.78, 5) is 11.9. The third-order valence-corrected chi connectivity index (χ3v) is 3.20. The van der Waals surface area contributed by atoms with Gasteiger partial charge in [-0.2, -0.15) is 0 Å². The van der Waals surface area contributed by atoms with Gasteiger partial charge < -0.3 is 5.11 Å². The van der Waals surface area contributed by atoms with Gasteiger partial charge in [0.1, 0.15) is 5.75 Å². The van der Waals surface area contributed by atoms with Crippen molar-refractivity contribution in [3.63, 3.8) is 0 Å². The SMILES string of the molecule is C=CC(=O)c1cc(C(C)(C)C)c(O)c(C(C)(C)C)c1. The van der Waals surface area contributed by atoms with Crippen LogP contribution in [-0.4, -0.2) is 10.9 Å². The van der Waals surface area contributed by atoms with Crippen LogP contribution in [-0.2, 0) is 10.8 Å². The number of phenolic OH excluding ortho intramolecular Hbond substituents is 1. The van der Waals surface area contributed by atoms with Crippen molar-refractivity contribution in [3.05, 3.63) is 41.5 Å². The normalized spacial score (nSPS) is 12.3. The highest BCUT2D eigenvalue weighted by molar-refractivity contribution is 6.04. The van der Waals surface area contributed by atoms with E-state index in [0.29, 0.717) is 11.3 Å². The fourth-order valence-electron chi connectivity index (χ4n) is 2.04. The highest BCUT2D eigenvalue weighted by atomic mass is 16.3. The van der Waals surface area contributed by atoms with Gasteiger partial charge in [0.15, 0.2) is 5.78 Å². The van der Waals surface area contributed by atoms with Gasteiger partial charge in [-0.25, -0.2) is 0 Å². The topological polar surface area (TPSA) is 37.3 Å². The molecule has 104 valence electrons. The molecule has 0 radical (unpaired) electrons. The van der Waals surface area contributed by atoms with Crippen LogP contribution < -0.4 is 0 Å². The summed E-state index contributed by atoms with van der Waals surface area (Å²) in [6.07, 6.45) is 1.31. The first-order valence-corrected chi connectivity index (χ1v) is 6.53. The molecule has 1 aromatic carbocycles. The van der Waals surface area contributed by atoms with E-state index in [2.05, 4.69) is 6.58 Å². The highest BCUT2D eigenvalue weighted by Gasteiger charge is 2.27. The zero-order valence-electron chi connectivity index (χ0n) is 12.8. The lowest BCUT2D eigenvalue weighted by Gasteiger charge is -2.27. The van der Waals surface area contributed by atoms with Crippen LogP contribution in [0.3, 0.4) is 0 Å². The Kier molecular flexibility index (Phi) is 3.94. The average molecular weight is 260 g/mol. The van der Waals surface area contributed by atoms with Gasteiger partial charge in [-0.1, -0.05) is 48.1 Å². The first-order chi connectivity index (χ1) is 8.48. The van der Waals surface area contributed by atoms with E-state index in [1.807, 2.05) is 41.5 Å². The Bertz CT molecular complexity index is 476. The van der Waals surface area contributed by atoms with Gasteiger partial charge in [-0.05, 0) is 29.0 Å². The summed E-state index contributed by atoms with van der Waals surface area (Å²) in [5.74, 6) is 0.177. The molecule has 0 bridgehead atoms. The molecule has 0 saturated carbocycles. The number of benzene rings is 1. The van der Waals surface area contributed by atoms with Gasteiger partial charge >= 0.3 is 0 Å². The number of allylic oxidation sites excluding steroid dienone is 1. The first kappa shape index (κ1) is 15.5. The molecule has 1 aromatic rings. The molecule has 0 unspecified atom stereocenters. The summed E-state index contributed by atoms with van der Waals surface area (Å²) in [6, 6.07) is 3.54. The molecule has 0 aromatic heterocycles.